The summed E-state index contributed by atoms with van der Waals surface area (Å²) in [5.74, 6) is -0.315. The second-order valence-corrected chi connectivity index (χ2v) is 6.33. The Labute approximate surface area is 148 Å². The SMILES string of the molecule is NC(=S)N1N=C(c2ccc(Cl)c(Cl)c2)CC1c1ccccc1F. The molecule has 1 aliphatic heterocycles. The lowest BCUT2D eigenvalue weighted by Gasteiger charge is -2.22. The molecule has 0 spiro atoms. The van der Waals surface area contributed by atoms with Crippen LogP contribution in [0.1, 0.15) is 23.6 Å². The smallest absolute Gasteiger partial charge is 0.187 e. The molecule has 1 aliphatic rings. The minimum Gasteiger partial charge on any atom is -0.375 e. The Bertz CT molecular complexity index is 810. The molecule has 0 saturated heterocycles. The summed E-state index contributed by atoms with van der Waals surface area (Å²) >= 11 is 17.1. The molecule has 0 fully saturated rings. The number of rotatable bonds is 2. The first-order chi connectivity index (χ1) is 11.0. The Kier molecular flexibility index (Phi) is 4.53. The van der Waals surface area contributed by atoms with Gasteiger partial charge >= 0.3 is 0 Å². The van der Waals surface area contributed by atoms with E-state index in [-0.39, 0.29) is 17.0 Å². The molecule has 0 bridgehead atoms. The maximum atomic E-state index is 14.1. The molecule has 0 radical (unpaired) electrons. The summed E-state index contributed by atoms with van der Waals surface area (Å²) in [6, 6.07) is 11.4. The third-order valence-electron chi connectivity index (χ3n) is 3.65. The van der Waals surface area contributed by atoms with Crippen LogP contribution in [0.25, 0.3) is 0 Å². The van der Waals surface area contributed by atoms with Crippen molar-refractivity contribution in [3.63, 3.8) is 0 Å². The molecule has 0 aromatic heterocycles. The molecule has 2 aromatic rings. The van der Waals surface area contributed by atoms with Gasteiger partial charge in [-0.3, -0.25) is 0 Å². The van der Waals surface area contributed by atoms with Gasteiger partial charge in [-0.15, -0.1) is 0 Å². The van der Waals surface area contributed by atoms with Crippen LogP contribution in [-0.4, -0.2) is 15.8 Å². The summed E-state index contributed by atoms with van der Waals surface area (Å²) in [6.45, 7) is 0. The topological polar surface area (TPSA) is 41.6 Å². The van der Waals surface area contributed by atoms with Gasteiger partial charge in [-0.2, -0.15) is 5.10 Å². The van der Waals surface area contributed by atoms with E-state index in [4.69, 9.17) is 41.2 Å². The van der Waals surface area contributed by atoms with E-state index in [2.05, 4.69) is 5.10 Å². The molecule has 1 atom stereocenters. The van der Waals surface area contributed by atoms with Crippen molar-refractivity contribution in [1.82, 2.24) is 5.01 Å². The molecule has 3 rings (SSSR count). The summed E-state index contributed by atoms with van der Waals surface area (Å²) < 4.78 is 14.1. The number of benzene rings is 2. The highest BCUT2D eigenvalue weighted by molar-refractivity contribution is 7.80. The summed E-state index contributed by atoms with van der Waals surface area (Å²) in [5, 5.41) is 6.89. The van der Waals surface area contributed by atoms with Crippen LogP contribution in [-0.2, 0) is 0 Å². The summed E-state index contributed by atoms with van der Waals surface area (Å²) in [4.78, 5) is 0. The predicted octanol–water partition coefficient (Wildman–Crippen LogP) is 4.53. The van der Waals surface area contributed by atoms with Crippen LogP contribution in [0.2, 0.25) is 10.0 Å². The van der Waals surface area contributed by atoms with Crippen LogP contribution < -0.4 is 5.73 Å². The monoisotopic (exact) mass is 367 g/mol. The first kappa shape index (κ1) is 16.2. The highest BCUT2D eigenvalue weighted by atomic mass is 35.5. The van der Waals surface area contributed by atoms with E-state index in [1.165, 1.54) is 11.1 Å². The van der Waals surface area contributed by atoms with Crippen LogP contribution in [0.5, 0.6) is 0 Å². The maximum absolute atomic E-state index is 14.1. The number of hydrazone groups is 1. The van der Waals surface area contributed by atoms with Crippen molar-refractivity contribution < 1.29 is 4.39 Å². The van der Waals surface area contributed by atoms with E-state index >= 15 is 0 Å². The quantitative estimate of drug-likeness (QED) is 0.792. The molecule has 3 nitrogen and oxygen atoms in total. The van der Waals surface area contributed by atoms with Crippen molar-refractivity contribution >= 4 is 46.2 Å². The van der Waals surface area contributed by atoms with E-state index in [9.17, 15) is 4.39 Å². The predicted molar refractivity (Wildman–Crippen MR) is 95.4 cm³/mol. The molecular formula is C16H12Cl2FN3S. The van der Waals surface area contributed by atoms with Gasteiger partial charge in [0.15, 0.2) is 5.11 Å². The molecule has 0 saturated carbocycles. The standard InChI is InChI=1S/C16H12Cl2FN3S/c17-11-6-5-9(7-12(11)18)14-8-15(22(21-14)16(20)23)10-3-1-2-4-13(10)19/h1-7,15H,8H2,(H2,20,23). The molecular weight excluding hydrogens is 356 g/mol. The second kappa shape index (κ2) is 6.43. The van der Waals surface area contributed by atoms with E-state index in [1.54, 1.807) is 30.3 Å². The lowest BCUT2D eigenvalue weighted by Crippen LogP contribution is -2.32. The molecule has 2 aromatic carbocycles. The summed E-state index contributed by atoms with van der Waals surface area (Å²) in [6.07, 6.45) is 0.468. The third kappa shape index (κ3) is 3.17. The number of nitrogens with zero attached hydrogens (tertiary/aromatic N) is 2. The lowest BCUT2D eigenvalue weighted by atomic mass is 9.98. The fourth-order valence-corrected chi connectivity index (χ4v) is 3.02. The average molecular weight is 368 g/mol. The highest BCUT2D eigenvalue weighted by Crippen LogP contribution is 2.34. The van der Waals surface area contributed by atoms with E-state index < -0.39 is 0 Å². The van der Waals surface area contributed by atoms with Crippen molar-refractivity contribution in [2.45, 2.75) is 12.5 Å². The Balaban J connectivity index is 1.99. The Hall–Kier alpha value is -1.69. The molecule has 23 heavy (non-hydrogen) atoms. The largest absolute Gasteiger partial charge is 0.375 e. The molecule has 0 aliphatic carbocycles. The minimum atomic E-state index is -0.377. The van der Waals surface area contributed by atoms with E-state index in [1.807, 2.05) is 6.07 Å². The van der Waals surface area contributed by atoms with Gasteiger partial charge < -0.3 is 5.73 Å². The summed E-state index contributed by atoms with van der Waals surface area (Å²) in [5.41, 5.74) is 7.78. The van der Waals surface area contributed by atoms with Crippen LogP contribution in [0, 0.1) is 5.82 Å². The number of nitrogens with two attached hydrogens (primary N) is 1. The van der Waals surface area contributed by atoms with Gasteiger partial charge in [-0.1, -0.05) is 47.5 Å². The van der Waals surface area contributed by atoms with Gasteiger partial charge in [0.2, 0.25) is 0 Å². The highest BCUT2D eigenvalue weighted by Gasteiger charge is 2.32. The number of halogens is 3. The number of hydrogen-bond donors (Lipinski definition) is 1. The molecule has 0 amide bonds. The maximum Gasteiger partial charge on any atom is 0.187 e. The van der Waals surface area contributed by atoms with Gasteiger partial charge in [0.25, 0.3) is 0 Å². The normalized spacial score (nSPS) is 17.3. The molecule has 1 unspecified atom stereocenters. The van der Waals surface area contributed by atoms with Crippen molar-refractivity contribution in [3.05, 3.63) is 69.5 Å². The Morgan fingerprint density at radius 2 is 1.96 bits per heavy atom. The van der Waals surface area contributed by atoms with Crippen molar-refractivity contribution in [1.29, 1.82) is 0 Å². The van der Waals surface area contributed by atoms with Crippen LogP contribution >= 0.6 is 35.4 Å². The second-order valence-electron chi connectivity index (χ2n) is 5.10. The number of thiocarbonyl (C=S) groups is 1. The number of hydrogen-bond acceptors (Lipinski definition) is 2. The third-order valence-corrected chi connectivity index (χ3v) is 4.58. The Morgan fingerprint density at radius 3 is 2.61 bits per heavy atom. The van der Waals surface area contributed by atoms with Gasteiger partial charge in [0, 0.05) is 12.0 Å². The van der Waals surface area contributed by atoms with E-state index in [0.29, 0.717) is 22.0 Å². The first-order valence-corrected chi connectivity index (χ1v) is 8.00. The molecule has 7 heteroatoms. The van der Waals surface area contributed by atoms with Crippen LogP contribution in [0.4, 0.5) is 4.39 Å². The van der Waals surface area contributed by atoms with Gasteiger partial charge in [0.1, 0.15) is 5.82 Å². The average Bonchev–Trinajstić information content (AvgIpc) is 2.96. The van der Waals surface area contributed by atoms with Crippen LogP contribution in [0.3, 0.4) is 0 Å². The summed E-state index contributed by atoms with van der Waals surface area (Å²) in [7, 11) is 0. The van der Waals surface area contributed by atoms with Crippen molar-refractivity contribution in [3.8, 4) is 0 Å². The van der Waals surface area contributed by atoms with Gasteiger partial charge in [0.05, 0.1) is 21.8 Å². The van der Waals surface area contributed by atoms with E-state index in [0.717, 1.165) is 11.3 Å². The fraction of sp³-hybridized carbons (Fsp3) is 0.125. The zero-order chi connectivity index (χ0) is 16.6. The lowest BCUT2D eigenvalue weighted by molar-refractivity contribution is 0.361. The fourth-order valence-electron chi connectivity index (χ4n) is 2.55. The minimum absolute atomic E-state index is 0.0910. The Morgan fingerprint density at radius 1 is 1.22 bits per heavy atom. The van der Waals surface area contributed by atoms with Crippen molar-refractivity contribution in [2.75, 3.05) is 0 Å². The van der Waals surface area contributed by atoms with Crippen molar-refractivity contribution in [2.24, 2.45) is 10.8 Å². The zero-order valence-corrected chi connectivity index (χ0v) is 14.2. The van der Waals surface area contributed by atoms with Gasteiger partial charge in [-0.25, -0.2) is 9.40 Å². The zero-order valence-electron chi connectivity index (χ0n) is 11.8. The molecule has 1 heterocycles. The molecule has 2 N–H and O–H groups in total. The van der Waals surface area contributed by atoms with Crippen LogP contribution in [0.15, 0.2) is 47.6 Å². The molecule has 118 valence electrons. The first-order valence-electron chi connectivity index (χ1n) is 6.83. The van der Waals surface area contributed by atoms with Gasteiger partial charge in [-0.05, 0) is 36.0 Å².